The van der Waals surface area contributed by atoms with Crippen molar-refractivity contribution in [1.82, 2.24) is 0 Å². The fourth-order valence-electron chi connectivity index (χ4n) is 2.33. The summed E-state index contributed by atoms with van der Waals surface area (Å²) < 4.78 is 0. The van der Waals surface area contributed by atoms with Crippen molar-refractivity contribution >= 4 is 22.7 Å². The van der Waals surface area contributed by atoms with Crippen molar-refractivity contribution in [2.24, 2.45) is 10.2 Å². The van der Waals surface area contributed by atoms with Crippen LogP contribution in [0.5, 0.6) is 0 Å². The third-order valence-electron chi connectivity index (χ3n) is 3.66. The Labute approximate surface area is 155 Å². The number of nitriles is 2. The molecule has 0 aliphatic rings. The van der Waals surface area contributed by atoms with Gasteiger partial charge in [0, 0.05) is 30.9 Å². The molecule has 0 aliphatic heterocycles. The predicted molar refractivity (Wildman–Crippen MR) is 98.0 cm³/mol. The third-order valence-corrected chi connectivity index (χ3v) is 3.66. The molecule has 0 spiro atoms. The first-order chi connectivity index (χ1) is 13.1. The standard InChI is InChI=1S/C18H16N6O3/c19-8-1-9-23(10-11-25)16-4-2-15(3-5-16)21-22-18-7-6-17(24(26)27)12-14(18)13-20/h2-7,12,25H,1,9-11H2. The number of hydrogen-bond donors (Lipinski definition) is 1. The Kier molecular flexibility index (Phi) is 6.94. The maximum absolute atomic E-state index is 10.8. The minimum Gasteiger partial charge on any atom is -0.395 e. The van der Waals surface area contributed by atoms with Gasteiger partial charge in [-0.15, -0.1) is 5.11 Å². The molecule has 0 radical (unpaired) electrons. The lowest BCUT2D eigenvalue weighted by molar-refractivity contribution is -0.384. The largest absolute Gasteiger partial charge is 0.395 e. The highest BCUT2D eigenvalue weighted by Crippen LogP contribution is 2.27. The second kappa shape index (κ2) is 9.61. The highest BCUT2D eigenvalue weighted by molar-refractivity contribution is 5.58. The molecule has 136 valence electrons. The third kappa shape index (κ3) is 5.33. The molecule has 0 atom stereocenters. The summed E-state index contributed by atoms with van der Waals surface area (Å²) in [7, 11) is 0. The Morgan fingerprint density at radius 2 is 1.85 bits per heavy atom. The zero-order valence-corrected chi connectivity index (χ0v) is 14.3. The molecule has 1 N–H and O–H groups in total. The first-order valence-electron chi connectivity index (χ1n) is 8.02. The molecule has 0 aromatic heterocycles. The molecule has 0 unspecified atom stereocenters. The number of nitrogens with zero attached hydrogens (tertiary/aromatic N) is 6. The van der Waals surface area contributed by atoms with Crippen molar-refractivity contribution in [1.29, 1.82) is 10.5 Å². The van der Waals surface area contributed by atoms with Gasteiger partial charge in [-0.3, -0.25) is 10.1 Å². The summed E-state index contributed by atoms with van der Waals surface area (Å²) in [4.78, 5) is 12.1. The van der Waals surface area contributed by atoms with E-state index in [0.29, 0.717) is 25.2 Å². The number of rotatable bonds is 8. The van der Waals surface area contributed by atoms with E-state index >= 15 is 0 Å². The van der Waals surface area contributed by atoms with E-state index in [0.717, 1.165) is 11.8 Å². The lowest BCUT2D eigenvalue weighted by atomic mass is 10.2. The number of non-ortho nitro benzene ring substituents is 1. The number of azo groups is 1. The quantitative estimate of drug-likeness (QED) is 0.431. The predicted octanol–water partition coefficient (Wildman–Crippen LogP) is 3.59. The van der Waals surface area contributed by atoms with Gasteiger partial charge < -0.3 is 10.0 Å². The molecule has 2 rings (SSSR count). The van der Waals surface area contributed by atoms with Gasteiger partial charge in [0.25, 0.3) is 5.69 Å². The smallest absolute Gasteiger partial charge is 0.270 e. The Bertz CT molecular complexity index is 912. The van der Waals surface area contributed by atoms with Crippen LogP contribution in [0.3, 0.4) is 0 Å². The summed E-state index contributed by atoms with van der Waals surface area (Å²) in [6.07, 6.45) is 0.346. The molecule has 0 aliphatic carbocycles. The maximum atomic E-state index is 10.8. The van der Waals surface area contributed by atoms with Crippen LogP contribution in [-0.2, 0) is 0 Å². The van der Waals surface area contributed by atoms with Gasteiger partial charge in [0.05, 0.1) is 35.3 Å². The molecule has 0 amide bonds. The number of aliphatic hydroxyl groups excluding tert-OH is 1. The van der Waals surface area contributed by atoms with Crippen LogP contribution < -0.4 is 4.90 Å². The SMILES string of the molecule is N#CCCN(CCO)c1ccc(N=Nc2ccc([N+](=O)[O-])cc2C#N)cc1. The Morgan fingerprint density at radius 3 is 2.44 bits per heavy atom. The van der Waals surface area contributed by atoms with E-state index in [4.69, 9.17) is 15.6 Å². The van der Waals surface area contributed by atoms with Crippen LogP contribution in [0.25, 0.3) is 0 Å². The van der Waals surface area contributed by atoms with Crippen molar-refractivity contribution < 1.29 is 10.0 Å². The highest BCUT2D eigenvalue weighted by atomic mass is 16.6. The van der Waals surface area contributed by atoms with Gasteiger partial charge in [-0.2, -0.15) is 15.6 Å². The number of aliphatic hydroxyl groups is 1. The second-order valence-corrected chi connectivity index (χ2v) is 5.41. The highest BCUT2D eigenvalue weighted by Gasteiger charge is 2.10. The molecule has 0 heterocycles. The molecule has 2 aromatic carbocycles. The first kappa shape index (κ1) is 19.5. The minimum absolute atomic E-state index is 0.0238. The molecule has 9 heteroatoms. The van der Waals surface area contributed by atoms with Crippen molar-refractivity contribution in [3.63, 3.8) is 0 Å². The normalized spacial score (nSPS) is 10.3. The fourth-order valence-corrected chi connectivity index (χ4v) is 2.33. The zero-order chi connectivity index (χ0) is 19.6. The Hall–Kier alpha value is -3.82. The van der Waals surface area contributed by atoms with Crippen LogP contribution in [0.4, 0.5) is 22.7 Å². The first-order valence-corrected chi connectivity index (χ1v) is 8.02. The molecule has 0 fully saturated rings. The summed E-state index contributed by atoms with van der Waals surface area (Å²) in [6, 6.07) is 14.8. The van der Waals surface area contributed by atoms with E-state index in [2.05, 4.69) is 16.3 Å². The zero-order valence-electron chi connectivity index (χ0n) is 14.3. The number of nitro groups is 1. The fraction of sp³-hybridized carbons (Fsp3) is 0.222. The number of nitro benzene ring substituents is 1. The molecular formula is C18H16N6O3. The van der Waals surface area contributed by atoms with Gasteiger partial charge in [0.15, 0.2) is 0 Å². The van der Waals surface area contributed by atoms with E-state index in [9.17, 15) is 10.1 Å². The minimum atomic E-state index is -0.578. The van der Waals surface area contributed by atoms with Crippen LogP contribution in [0.15, 0.2) is 52.7 Å². The average molecular weight is 364 g/mol. The monoisotopic (exact) mass is 364 g/mol. The Morgan fingerprint density at radius 1 is 1.11 bits per heavy atom. The summed E-state index contributed by atoms with van der Waals surface area (Å²) in [5.74, 6) is 0. The lowest BCUT2D eigenvalue weighted by Crippen LogP contribution is -2.27. The van der Waals surface area contributed by atoms with Gasteiger partial charge in [-0.25, -0.2) is 0 Å². The van der Waals surface area contributed by atoms with Crippen LogP contribution in [0.2, 0.25) is 0 Å². The van der Waals surface area contributed by atoms with Gasteiger partial charge in [-0.1, -0.05) is 0 Å². The molecule has 0 bridgehead atoms. The molecule has 2 aromatic rings. The van der Waals surface area contributed by atoms with Gasteiger partial charge in [0.2, 0.25) is 0 Å². The summed E-state index contributed by atoms with van der Waals surface area (Å²) in [5.41, 5.74) is 1.49. The summed E-state index contributed by atoms with van der Waals surface area (Å²) in [6.45, 7) is 0.896. The van der Waals surface area contributed by atoms with Gasteiger partial charge in [-0.05, 0) is 30.3 Å². The van der Waals surface area contributed by atoms with Crippen molar-refractivity contribution in [3.8, 4) is 12.1 Å². The molecular weight excluding hydrogens is 348 g/mol. The number of anilines is 1. The Balaban J connectivity index is 2.17. The van der Waals surface area contributed by atoms with Crippen molar-refractivity contribution in [3.05, 3.63) is 58.1 Å². The lowest BCUT2D eigenvalue weighted by Gasteiger charge is -2.22. The van der Waals surface area contributed by atoms with Crippen molar-refractivity contribution in [2.75, 3.05) is 24.6 Å². The average Bonchev–Trinajstić information content (AvgIpc) is 2.69. The second-order valence-electron chi connectivity index (χ2n) is 5.41. The van der Waals surface area contributed by atoms with E-state index in [1.165, 1.54) is 12.1 Å². The molecule has 0 saturated carbocycles. The van der Waals surface area contributed by atoms with Crippen LogP contribution >= 0.6 is 0 Å². The van der Waals surface area contributed by atoms with Gasteiger partial charge >= 0.3 is 0 Å². The van der Waals surface area contributed by atoms with E-state index < -0.39 is 4.92 Å². The van der Waals surface area contributed by atoms with Crippen LogP contribution in [0, 0.1) is 32.8 Å². The molecule has 0 saturated heterocycles. The molecule has 9 nitrogen and oxygen atoms in total. The van der Waals surface area contributed by atoms with Crippen LogP contribution in [0.1, 0.15) is 12.0 Å². The molecule has 27 heavy (non-hydrogen) atoms. The maximum Gasteiger partial charge on any atom is 0.270 e. The van der Waals surface area contributed by atoms with E-state index in [1.54, 1.807) is 24.3 Å². The summed E-state index contributed by atoms with van der Waals surface area (Å²) in [5, 5.41) is 45.8. The topological polar surface area (TPSA) is 139 Å². The van der Waals surface area contributed by atoms with Crippen LogP contribution in [-0.4, -0.2) is 29.7 Å². The number of benzene rings is 2. The van der Waals surface area contributed by atoms with Crippen molar-refractivity contribution in [2.45, 2.75) is 6.42 Å². The summed E-state index contributed by atoms with van der Waals surface area (Å²) >= 11 is 0. The number of hydrogen-bond acceptors (Lipinski definition) is 8. The van der Waals surface area contributed by atoms with E-state index in [-0.39, 0.29) is 23.5 Å². The van der Waals surface area contributed by atoms with E-state index in [1.807, 2.05) is 11.0 Å². The van der Waals surface area contributed by atoms with Gasteiger partial charge in [0.1, 0.15) is 11.8 Å².